The highest BCUT2D eigenvalue weighted by molar-refractivity contribution is 5.95. The van der Waals surface area contributed by atoms with Gasteiger partial charge < -0.3 is 35.1 Å². The molecule has 0 aliphatic carbocycles. The Hall–Kier alpha value is -5.40. The number of hydrogen-bond acceptors (Lipinski definition) is 9. The maximum absolute atomic E-state index is 13.5. The average Bonchev–Trinajstić information content (AvgIpc) is 3.06. The van der Waals surface area contributed by atoms with Crippen LogP contribution in [-0.4, -0.2) is 78.0 Å². The lowest BCUT2D eigenvalue weighted by Crippen LogP contribution is -2.52. The zero-order valence-corrected chi connectivity index (χ0v) is 28.8. The molecule has 2 heterocycles. The number of hydrogen-bond donors (Lipinski definition) is 3. The van der Waals surface area contributed by atoms with Crippen molar-refractivity contribution in [2.45, 2.75) is 59.7 Å². The third-order valence-electron chi connectivity index (χ3n) is 8.13. The Balaban J connectivity index is 1.66. The van der Waals surface area contributed by atoms with E-state index in [-0.39, 0.29) is 43.8 Å². The summed E-state index contributed by atoms with van der Waals surface area (Å²) >= 11 is 0. The van der Waals surface area contributed by atoms with Gasteiger partial charge in [-0.3, -0.25) is 23.7 Å². The number of nitrogens with zero attached hydrogens (tertiary/aromatic N) is 3. The molecule has 2 aromatic carbocycles. The maximum atomic E-state index is 13.5. The van der Waals surface area contributed by atoms with E-state index < -0.39 is 29.5 Å². The summed E-state index contributed by atoms with van der Waals surface area (Å²) in [6.07, 6.45) is 0.939. The van der Waals surface area contributed by atoms with E-state index in [2.05, 4.69) is 20.9 Å². The Labute approximate surface area is 285 Å². The minimum atomic E-state index is -0.924. The van der Waals surface area contributed by atoms with Gasteiger partial charge in [-0.25, -0.2) is 4.79 Å². The van der Waals surface area contributed by atoms with Crippen LogP contribution in [0.2, 0.25) is 0 Å². The molecule has 1 aliphatic heterocycles. The fourth-order valence-electron chi connectivity index (χ4n) is 5.46. The molecule has 1 aliphatic rings. The van der Waals surface area contributed by atoms with E-state index in [9.17, 15) is 24.0 Å². The largest absolute Gasteiger partial charge is 0.496 e. The minimum Gasteiger partial charge on any atom is -0.496 e. The molecule has 14 nitrogen and oxygen atoms in total. The van der Waals surface area contributed by atoms with Crippen molar-refractivity contribution in [1.82, 2.24) is 30.4 Å². The molecule has 262 valence electrons. The molecule has 0 saturated carbocycles. The van der Waals surface area contributed by atoms with Crippen LogP contribution in [0.15, 0.2) is 47.3 Å². The summed E-state index contributed by atoms with van der Waals surface area (Å²) in [5, 5.41) is 8.55. The summed E-state index contributed by atoms with van der Waals surface area (Å²) in [5.74, 6) is -0.597. The molecule has 49 heavy (non-hydrogen) atoms. The van der Waals surface area contributed by atoms with Gasteiger partial charge in [0.25, 0.3) is 5.91 Å². The minimum absolute atomic E-state index is 0.0109. The molecule has 0 fully saturated rings. The van der Waals surface area contributed by atoms with E-state index >= 15 is 0 Å². The van der Waals surface area contributed by atoms with Gasteiger partial charge in [0.05, 0.1) is 32.9 Å². The van der Waals surface area contributed by atoms with Gasteiger partial charge in [-0.2, -0.15) is 4.98 Å². The Morgan fingerprint density at radius 3 is 2.43 bits per heavy atom. The first-order valence-corrected chi connectivity index (χ1v) is 16.1. The van der Waals surface area contributed by atoms with Gasteiger partial charge in [-0.15, -0.1) is 0 Å². The van der Waals surface area contributed by atoms with Crippen molar-refractivity contribution >= 4 is 23.6 Å². The van der Waals surface area contributed by atoms with E-state index in [4.69, 9.17) is 14.2 Å². The second kappa shape index (κ2) is 16.6. The highest BCUT2D eigenvalue weighted by atomic mass is 16.5. The molecule has 0 saturated heterocycles. The van der Waals surface area contributed by atoms with Crippen LogP contribution in [0.5, 0.6) is 23.0 Å². The van der Waals surface area contributed by atoms with Crippen molar-refractivity contribution < 1.29 is 33.4 Å². The third-order valence-corrected chi connectivity index (χ3v) is 8.13. The number of ether oxygens (including phenoxy) is 3. The first-order valence-electron chi connectivity index (χ1n) is 16.1. The van der Waals surface area contributed by atoms with Gasteiger partial charge >= 0.3 is 5.69 Å². The molecule has 1 aromatic heterocycles. The van der Waals surface area contributed by atoms with Gasteiger partial charge in [0.15, 0.2) is 11.5 Å². The summed E-state index contributed by atoms with van der Waals surface area (Å²) in [5.41, 5.74) is 1.39. The zero-order valence-electron chi connectivity index (χ0n) is 28.8. The first-order chi connectivity index (χ1) is 23.4. The number of carbonyl (C=O) groups is 4. The summed E-state index contributed by atoms with van der Waals surface area (Å²) in [6, 6.07) is 10.8. The van der Waals surface area contributed by atoms with Crippen molar-refractivity contribution in [2.24, 2.45) is 5.92 Å². The second-order valence-electron chi connectivity index (χ2n) is 12.1. The van der Waals surface area contributed by atoms with Crippen LogP contribution in [0.3, 0.4) is 0 Å². The van der Waals surface area contributed by atoms with Gasteiger partial charge in [-0.05, 0) is 69.0 Å². The molecule has 1 atom stereocenters. The number of aromatic nitrogens is 2. The van der Waals surface area contributed by atoms with Crippen LogP contribution < -0.4 is 35.9 Å². The smallest absolute Gasteiger partial charge is 0.348 e. The van der Waals surface area contributed by atoms with Gasteiger partial charge in [-0.1, -0.05) is 19.9 Å². The summed E-state index contributed by atoms with van der Waals surface area (Å²) in [7, 11) is 2.99. The molecule has 2 bridgehead atoms. The lowest BCUT2D eigenvalue weighted by molar-refractivity contribution is -0.137. The van der Waals surface area contributed by atoms with Crippen LogP contribution in [-0.2, 0) is 27.5 Å². The van der Waals surface area contributed by atoms with E-state index in [0.29, 0.717) is 59.1 Å². The lowest BCUT2D eigenvalue weighted by Gasteiger charge is -2.26. The molecule has 14 heteroatoms. The molecule has 0 spiro atoms. The Morgan fingerprint density at radius 1 is 0.980 bits per heavy atom. The van der Waals surface area contributed by atoms with Crippen LogP contribution in [0.25, 0.3) is 0 Å². The molecule has 3 aromatic rings. The number of methoxy groups -OCH3 is 2. The summed E-state index contributed by atoms with van der Waals surface area (Å²) in [6.45, 7) is 6.82. The molecule has 0 unspecified atom stereocenters. The topological polar surface area (TPSA) is 170 Å². The van der Waals surface area contributed by atoms with Crippen LogP contribution >= 0.6 is 0 Å². The quantitative estimate of drug-likeness (QED) is 0.368. The predicted octanol–water partition coefficient (Wildman–Crippen LogP) is 2.48. The van der Waals surface area contributed by atoms with E-state index in [1.807, 2.05) is 0 Å². The van der Waals surface area contributed by atoms with Crippen LogP contribution in [0, 0.1) is 19.8 Å². The molecular formula is C35H44N6O8. The predicted molar refractivity (Wildman–Crippen MR) is 181 cm³/mol. The van der Waals surface area contributed by atoms with Crippen LogP contribution in [0.4, 0.5) is 0 Å². The van der Waals surface area contributed by atoms with E-state index in [1.165, 1.54) is 23.7 Å². The van der Waals surface area contributed by atoms with Crippen molar-refractivity contribution in [3.05, 3.63) is 75.5 Å². The Bertz CT molecular complexity index is 1750. The average molecular weight is 677 g/mol. The van der Waals surface area contributed by atoms with Crippen molar-refractivity contribution in [3.63, 3.8) is 0 Å². The second-order valence-corrected chi connectivity index (χ2v) is 12.1. The fraction of sp³-hybridized carbons (Fsp3) is 0.429. The number of aryl methyl sites for hydroxylation is 2. The summed E-state index contributed by atoms with van der Waals surface area (Å²) < 4.78 is 18.6. The number of amides is 4. The number of rotatable bonds is 5. The van der Waals surface area contributed by atoms with Crippen LogP contribution in [0.1, 0.15) is 54.0 Å². The standard InChI is InChI=1S/C35H44N6O8/c1-21(2)32-34(45)37-18-25-26(47-5)10-9-11-27(25)49-29-17-24(12-13-28(29)48-6)33(44)36-14-7-8-15-40(19-30(42)39-32)31(43)20-41-23(4)16-22(3)38-35(41)46/h9-13,16-17,21,32H,7-8,14-15,18-20H2,1-6H3,(H,36,44)(H,37,45)(H,39,42)/t32-/m1/s1. The zero-order chi connectivity index (χ0) is 35.7. The van der Waals surface area contributed by atoms with Gasteiger partial charge in [0.2, 0.25) is 17.7 Å². The lowest BCUT2D eigenvalue weighted by atomic mass is 10.0. The Morgan fingerprint density at radius 2 is 1.73 bits per heavy atom. The highest BCUT2D eigenvalue weighted by Gasteiger charge is 2.27. The van der Waals surface area contributed by atoms with E-state index in [0.717, 1.165) is 0 Å². The molecule has 3 N–H and O–H groups in total. The normalized spacial score (nSPS) is 16.4. The molecule has 4 rings (SSSR count). The molecule has 0 radical (unpaired) electrons. The third kappa shape index (κ3) is 9.36. The van der Waals surface area contributed by atoms with Crippen molar-refractivity contribution in [1.29, 1.82) is 0 Å². The van der Waals surface area contributed by atoms with Gasteiger partial charge in [0.1, 0.15) is 24.1 Å². The SMILES string of the molecule is COc1ccc2cc1Oc1cccc(OC)c1CNC(=O)[C@@H](C(C)C)NC(=O)CN(C(=O)Cn1c(C)cc(C)nc1=O)CCCCNC2=O. The fourth-order valence-corrected chi connectivity index (χ4v) is 5.46. The van der Waals surface area contributed by atoms with Gasteiger partial charge in [0, 0.05) is 30.0 Å². The van der Waals surface area contributed by atoms with Crippen molar-refractivity contribution in [3.8, 4) is 23.0 Å². The maximum Gasteiger partial charge on any atom is 0.348 e. The summed E-state index contributed by atoms with van der Waals surface area (Å²) in [4.78, 5) is 71.4. The van der Waals surface area contributed by atoms with E-state index in [1.54, 1.807) is 70.2 Å². The highest BCUT2D eigenvalue weighted by Crippen LogP contribution is 2.37. The molecule has 4 amide bonds. The Kier molecular flexibility index (Phi) is 12.4. The number of carbonyl (C=O) groups excluding carboxylic acids is 4. The number of nitrogens with one attached hydrogen (secondary N) is 3. The van der Waals surface area contributed by atoms with Crippen molar-refractivity contribution in [2.75, 3.05) is 33.9 Å². The first kappa shape index (κ1) is 36.4. The number of benzene rings is 2. The number of fused-ring (bicyclic) bond motifs is 3. The molecular weight excluding hydrogens is 632 g/mol. The monoisotopic (exact) mass is 676 g/mol.